The number of carbonyl (C=O) groups is 1. The number of H-pyrrole nitrogens is 1. The van der Waals surface area contributed by atoms with Gasteiger partial charge in [-0.3, -0.25) is 4.79 Å². The first kappa shape index (κ1) is 17.7. The number of aromatic amines is 1. The van der Waals surface area contributed by atoms with Crippen molar-refractivity contribution in [1.29, 1.82) is 0 Å². The van der Waals surface area contributed by atoms with Crippen molar-refractivity contribution < 1.29 is 4.79 Å². The van der Waals surface area contributed by atoms with Crippen molar-refractivity contribution >= 4 is 39.7 Å². The molecule has 1 atom stereocenters. The molecule has 0 aliphatic heterocycles. The summed E-state index contributed by atoms with van der Waals surface area (Å²) in [5, 5.41) is 12.9. The smallest absolute Gasteiger partial charge is 0.230 e. The molecule has 1 amide bonds. The number of rotatable bonds is 8. The van der Waals surface area contributed by atoms with Crippen LogP contribution in [0, 0.1) is 0 Å². The quantitative estimate of drug-likeness (QED) is 0.474. The third kappa shape index (κ3) is 4.48. The summed E-state index contributed by atoms with van der Waals surface area (Å²) in [6.45, 7) is 4.23. The Morgan fingerprint density at radius 3 is 2.96 bits per heavy atom. The van der Waals surface area contributed by atoms with Gasteiger partial charge < -0.3 is 10.3 Å². The number of benzene rings is 1. The van der Waals surface area contributed by atoms with Crippen molar-refractivity contribution in [1.82, 2.24) is 25.5 Å². The van der Waals surface area contributed by atoms with Gasteiger partial charge in [-0.15, -0.1) is 10.2 Å². The summed E-state index contributed by atoms with van der Waals surface area (Å²) in [6.07, 6.45) is 4.56. The van der Waals surface area contributed by atoms with Crippen LogP contribution in [0.5, 0.6) is 0 Å². The zero-order valence-corrected chi connectivity index (χ0v) is 15.4. The molecular formula is C18H23N5OS. The van der Waals surface area contributed by atoms with Gasteiger partial charge in [0, 0.05) is 16.9 Å². The second-order valence-electron chi connectivity index (χ2n) is 6.22. The molecule has 6 nitrogen and oxygen atoms in total. The number of thioether (sulfide) groups is 1. The van der Waals surface area contributed by atoms with E-state index >= 15 is 0 Å². The van der Waals surface area contributed by atoms with Crippen molar-refractivity contribution in [2.75, 3.05) is 5.75 Å². The van der Waals surface area contributed by atoms with Crippen molar-refractivity contribution in [3.8, 4) is 0 Å². The first-order valence-corrected chi connectivity index (χ1v) is 9.69. The first-order chi connectivity index (χ1) is 12.2. The van der Waals surface area contributed by atoms with Crippen LogP contribution in [0.2, 0.25) is 0 Å². The average molecular weight is 357 g/mol. The van der Waals surface area contributed by atoms with Gasteiger partial charge >= 0.3 is 0 Å². The van der Waals surface area contributed by atoms with E-state index in [0.29, 0.717) is 16.6 Å². The van der Waals surface area contributed by atoms with Crippen molar-refractivity contribution in [3.63, 3.8) is 0 Å². The number of fused-ring (bicyclic) bond motifs is 3. The van der Waals surface area contributed by atoms with Gasteiger partial charge in [-0.1, -0.05) is 56.1 Å². The molecule has 3 aromatic rings. The number of hydrogen-bond donors (Lipinski definition) is 2. The van der Waals surface area contributed by atoms with Crippen LogP contribution in [-0.2, 0) is 4.79 Å². The lowest BCUT2D eigenvalue weighted by Crippen LogP contribution is -2.33. The number of carbonyl (C=O) groups excluding carboxylic acids is 1. The Bertz CT molecular complexity index is 863. The molecule has 2 aromatic heterocycles. The van der Waals surface area contributed by atoms with Crippen LogP contribution in [0.1, 0.15) is 39.5 Å². The Kier molecular flexibility index (Phi) is 5.86. The summed E-state index contributed by atoms with van der Waals surface area (Å²) in [5.74, 6) is 0.306. The normalized spacial score (nSPS) is 12.6. The molecule has 0 saturated carbocycles. The molecule has 0 radical (unpaired) electrons. The predicted octanol–water partition coefficient (Wildman–Crippen LogP) is 3.68. The van der Waals surface area contributed by atoms with E-state index in [9.17, 15) is 4.79 Å². The standard InChI is InChI=1S/C18H23N5OS/c1-3-4-5-8-12(2)19-15(24)11-25-18-21-17-16(22-23-18)13-9-6-7-10-14(13)20-17/h6-7,9-10,12H,3-5,8,11H2,1-2H3,(H,19,24)(H,20,21,23)/t12-/m1/s1. The molecule has 0 aliphatic carbocycles. The zero-order valence-electron chi connectivity index (χ0n) is 14.6. The zero-order chi connectivity index (χ0) is 17.6. The van der Waals surface area contributed by atoms with E-state index in [1.54, 1.807) is 0 Å². The SMILES string of the molecule is CCCCC[C@@H](C)NC(=O)CSc1nnc2c(n1)[nH]c1ccccc12. The van der Waals surface area contributed by atoms with Gasteiger partial charge in [0.05, 0.1) is 5.75 Å². The van der Waals surface area contributed by atoms with Crippen LogP contribution >= 0.6 is 11.8 Å². The number of amides is 1. The Balaban J connectivity index is 1.57. The maximum atomic E-state index is 12.0. The molecule has 3 rings (SSSR count). The molecule has 0 fully saturated rings. The highest BCUT2D eigenvalue weighted by molar-refractivity contribution is 7.99. The lowest BCUT2D eigenvalue weighted by atomic mass is 10.1. The van der Waals surface area contributed by atoms with Crippen LogP contribution in [0.3, 0.4) is 0 Å². The van der Waals surface area contributed by atoms with Crippen LogP contribution in [0.15, 0.2) is 29.4 Å². The third-order valence-electron chi connectivity index (χ3n) is 4.08. The first-order valence-electron chi connectivity index (χ1n) is 8.70. The van der Waals surface area contributed by atoms with Gasteiger partial charge in [0.1, 0.15) is 5.52 Å². The maximum absolute atomic E-state index is 12.0. The monoisotopic (exact) mass is 357 g/mol. The summed E-state index contributed by atoms with van der Waals surface area (Å²) < 4.78 is 0. The largest absolute Gasteiger partial charge is 0.353 e. The van der Waals surface area contributed by atoms with E-state index in [1.165, 1.54) is 24.6 Å². The molecule has 0 unspecified atom stereocenters. The minimum absolute atomic E-state index is 0.00865. The summed E-state index contributed by atoms with van der Waals surface area (Å²) in [5.41, 5.74) is 2.45. The summed E-state index contributed by atoms with van der Waals surface area (Å²) >= 11 is 1.31. The number of hydrogen-bond acceptors (Lipinski definition) is 5. The minimum Gasteiger partial charge on any atom is -0.353 e. The number of para-hydroxylation sites is 1. The highest BCUT2D eigenvalue weighted by atomic mass is 32.2. The van der Waals surface area contributed by atoms with E-state index in [0.717, 1.165) is 29.3 Å². The molecule has 1 aromatic carbocycles. The Labute approximate surface area is 151 Å². The van der Waals surface area contributed by atoms with Gasteiger partial charge in [-0.2, -0.15) is 0 Å². The molecule has 2 N–H and O–H groups in total. The number of unbranched alkanes of at least 4 members (excludes halogenated alkanes) is 2. The molecular weight excluding hydrogens is 334 g/mol. The van der Waals surface area contributed by atoms with Crippen LogP contribution < -0.4 is 5.32 Å². The molecule has 0 spiro atoms. The molecule has 7 heteroatoms. The molecule has 0 bridgehead atoms. The highest BCUT2D eigenvalue weighted by Gasteiger charge is 2.12. The minimum atomic E-state index is 0.00865. The highest BCUT2D eigenvalue weighted by Crippen LogP contribution is 2.23. The van der Waals surface area contributed by atoms with Gasteiger partial charge in [-0.05, 0) is 19.4 Å². The Morgan fingerprint density at radius 1 is 1.28 bits per heavy atom. The van der Waals surface area contributed by atoms with Crippen LogP contribution in [0.4, 0.5) is 0 Å². The number of aromatic nitrogens is 4. The summed E-state index contributed by atoms with van der Waals surface area (Å²) in [7, 11) is 0. The average Bonchev–Trinajstić information content (AvgIpc) is 2.98. The third-order valence-corrected chi connectivity index (χ3v) is 4.92. The predicted molar refractivity (Wildman–Crippen MR) is 102 cm³/mol. The molecule has 2 heterocycles. The molecule has 0 aliphatic rings. The van der Waals surface area contributed by atoms with Gasteiger partial charge in [-0.25, -0.2) is 4.98 Å². The van der Waals surface area contributed by atoms with Gasteiger partial charge in [0.15, 0.2) is 5.65 Å². The van der Waals surface area contributed by atoms with Crippen molar-refractivity contribution in [2.24, 2.45) is 0 Å². The van der Waals surface area contributed by atoms with Crippen molar-refractivity contribution in [3.05, 3.63) is 24.3 Å². The number of nitrogens with one attached hydrogen (secondary N) is 2. The van der Waals surface area contributed by atoms with Gasteiger partial charge in [0.25, 0.3) is 0 Å². The molecule has 0 saturated heterocycles. The van der Waals surface area contributed by atoms with E-state index in [4.69, 9.17) is 0 Å². The maximum Gasteiger partial charge on any atom is 0.230 e. The van der Waals surface area contributed by atoms with Crippen LogP contribution in [0.25, 0.3) is 22.1 Å². The topological polar surface area (TPSA) is 83.6 Å². The van der Waals surface area contributed by atoms with E-state index in [1.807, 2.05) is 31.2 Å². The lowest BCUT2D eigenvalue weighted by molar-refractivity contribution is -0.119. The van der Waals surface area contributed by atoms with E-state index in [-0.39, 0.29) is 11.9 Å². The Hall–Kier alpha value is -2.15. The summed E-state index contributed by atoms with van der Waals surface area (Å²) in [6, 6.07) is 8.11. The summed E-state index contributed by atoms with van der Waals surface area (Å²) in [4.78, 5) is 19.8. The second-order valence-corrected chi connectivity index (χ2v) is 7.16. The van der Waals surface area contributed by atoms with E-state index < -0.39 is 0 Å². The fourth-order valence-corrected chi connectivity index (χ4v) is 3.38. The second kappa shape index (κ2) is 8.29. The molecule has 132 valence electrons. The fraction of sp³-hybridized carbons (Fsp3) is 0.444. The molecule has 25 heavy (non-hydrogen) atoms. The van der Waals surface area contributed by atoms with Gasteiger partial charge in [0.2, 0.25) is 11.1 Å². The van der Waals surface area contributed by atoms with Crippen molar-refractivity contribution in [2.45, 2.75) is 50.7 Å². The fourth-order valence-electron chi connectivity index (χ4n) is 2.79. The van der Waals surface area contributed by atoms with E-state index in [2.05, 4.69) is 32.4 Å². The Morgan fingerprint density at radius 2 is 2.12 bits per heavy atom. The number of nitrogens with zero attached hydrogens (tertiary/aromatic N) is 3. The lowest BCUT2D eigenvalue weighted by Gasteiger charge is -2.13. The van der Waals surface area contributed by atoms with Crippen LogP contribution in [-0.4, -0.2) is 37.9 Å².